The molecule has 0 aromatic heterocycles. The summed E-state index contributed by atoms with van der Waals surface area (Å²) < 4.78 is 0. The summed E-state index contributed by atoms with van der Waals surface area (Å²) in [4.78, 5) is 13.7. The molecule has 1 atom stereocenters. The summed E-state index contributed by atoms with van der Waals surface area (Å²) in [6.07, 6.45) is 3.14. The van der Waals surface area contributed by atoms with Crippen molar-refractivity contribution in [2.24, 2.45) is 0 Å². The van der Waals surface area contributed by atoms with Crippen molar-refractivity contribution >= 4 is 5.91 Å². The minimum Gasteiger partial charge on any atom is -0.341 e. The number of amides is 1. The molecule has 1 amide bonds. The first-order chi connectivity index (χ1) is 8.22. The lowest BCUT2D eigenvalue weighted by Crippen LogP contribution is -2.43. The number of rotatable bonds is 3. The number of nitrogens with zero attached hydrogens (tertiary/aromatic N) is 1. The van der Waals surface area contributed by atoms with Gasteiger partial charge in [-0.15, -0.1) is 0 Å². The molecule has 0 aliphatic heterocycles. The van der Waals surface area contributed by atoms with E-state index in [2.05, 4.69) is 29.6 Å². The van der Waals surface area contributed by atoms with Gasteiger partial charge < -0.3 is 10.2 Å². The minimum atomic E-state index is 0.178. The van der Waals surface area contributed by atoms with E-state index in [4.69, 9.17) is 0 Å². The third kappa shape index (κ3) is 2.67. The fourth-order valence-electron chi connectivity index (χ4n) is 2.49. The minimum absolute atomic E-state index is 0.178. The van der Waals surface area contributed by atoms with Crippen LogP contribution in [-0.4, -0.2) is 37.5 Å². The van der Waals surface area contributed by atoms with E-state index in [1.807, 2.05) is 19.0 Å². The molecule has 0 saturated carbocycles. The van der Waals surface area contributed by atoms with Crippen molar-refractivity contribution in [3.63, 3.8) is 0 Å². The molecule has 1 N–H and O–H groups in total. The van der Waals surface area contributed by atoms with Crippen LogP contribution in [0.15, 0.2) is 24.3 Å². The summed E-state index contributed by atoms with van der Waals surface area (Å²) in [5.41, 5.74) is 2.84. The van der Waals surface area contributed by atoms with E-state index in [-0.39, 0.29) is 5.91 Å². The molecular formula is C14H20N2O. The van der Waals surface area contributed by atoms with Crippen LogP contribution in [0.5, 0.6) is 0 Å². The first-order valence-corrected chi connectivity index (χ1v) is 6.19. The molecule has 17 heavy (non-hydrogen) atoms. The van der Waals surface area contributed by atoms with Gasteiger partial charge in [-0.3, -0.25) is 4.79 Å². The number of fused-ring (bicyclic) bond motifs is 1. The zero-order valence-corrected chi connectivity index (χ0v) is 10.6. The van der Waals surface area contributed by atoms with Crippen LogP contribution in [0.25, 0.3) is 0 Å². The second-order valence-electron chi connectivity index (χ2n) is 4.70. The Bertz CT molecular complexity index is 403. The van der Waals surface area contributed by atoms with E-state index in [0.717, 1.165) is 19.3 Å². The second kappa shape index (κ2) is 5.32. The monoisotopic (exact) mass is 232 g/mol. The average Bonchev–Trinajstić information content (AvgIpc) is 2.37. The van der Waals surface area contributed by atoms with E-state index in [9.17, 15) is 4.79 Å². The van der Waals surface area contributed by atoms with Gasteiger partial charge in [-0.1, -0.05) is 24.3 Å². The van der Waals surface area contributed by atoms with Gasteiger partial charge in [0.1, 0.15) is 0 Å². The van der Waals surface area contributed by atoms with Crippen LogP contribution in [-0.2, 0) is 17.6 Å². The van der Waals surface area contributed by atoms with Crippen molar-refractivity contribution < 1.29 is 4.79 Å². The maximum atomic E-state index is 11.8. The molecule has 0 saturated heterocycles. The molecule has 0 fully saturated rings. The topological polar surface area (TPSA) is 32.3 Å². The summed E-state index contributed by atoms with van der Waals surface area (Å²) in [5.74, 6) is 0.178. The summed E-state index contributed by atoms with van der Waals surface area (Å²) in [5, 5.41) is 2.92. The number of likely N-dealkylation sites (N-methyl/N-ethyl adjacent to an activating group) is 2. The number of hydrogen-bond acceptors (Lipinski definition) is 2. The summed E-state index contributed by atoms with van der Waals surface area (Å²) in [6, 6.07) is 8.90. The molecule has 0 heterocycles. The van der Waals surface area contributed by atoms with Crippen molar-refractivity contribution in [3.8, 4) is 0 Å². The fourth-order valence-corrected chi connectivity index (χ4v) is 2.49. The molecular weight excluding hydrogens is 212 g/mol. The van der Waals surface area contributed by atoms with Gasteiger partial charge in [-0.05, 0) is 37.4 Å². The lowest BCUT2D eigenvalue weighted by molar-refractivity contribution is -0.131. The second-order valence-corrected chi connectivity index (χ2v) is 4.70. The van der Waals surface area contributed by atoms with Gasteiger partial charge in [0.15, 0.2) is 0 Å². The van der Waals surface area contributed by atoms with Gasteiger partial charge in [-0.2, -0.15) is 0 Å². The number of nitrogens with one attached hydrogen (secondary N) is 1. The van der Waals surface area contributed by atoms with Crippen molar-refractivity contribution in [2.45, 2.75) is 25.3 Å². The molecule has 1 aliphatic carbocycles. The maximum absolute atomic E-state index is 11.8. The summed E-state index contributed by atoms with van der Waals surface area (Å²) in [7, 11) is 3.72. The largest absolute Gasteiger partial charge is 0.341 e. The smallest absolute Gasteiger partial charge is 0.236 e. The van der Waals surface area contributed by atoms with Gasteiger partial charge in [0.2, 0.25) is 5.91 Å². The Morgan fingerprint density at radius 3 is 2.82 bits per heavy atom. The van der Waals surface area contributed by atoms with E-state index < -0.39 is 0 Å². The van der Waals surface area contributed by atoms with Crippen LogP contribution in [0.1, 0.15) is 17.5 Å². The number of carbonyl (C=O) groups excluding carboxylic acids is 1. The van der Waals surface area contributed by atoms with E-state index in [1.165, 1.54) is 11.1 Å². The summed E-state index contributed by atoms with van der Waals surface area (Å²) in [6.45, 7) is 0.425. The molecule has 92 valence electrons. The normalized spacial score (nSPS) is 18.6. The Morgan fingerprint density at radius 1 is 1.41 bits per heavy atom. The molecule has 1 unspecified atom stereocenters. The van der Waals surface area contributed by atoms with Crippen LogP contribution >= 0.6 is 0 Å². The third-order valence-corrected chi connectivity index (χ3v) is 3.59. The zero-order chi connectivity index (χ0) is 12.3. The maximum Gasteiger partial charge on any atom is 0.236 e. The molecule has 0 spiro atoms. The van der Waals surface area contributed by atoms with Crippen LogP contribution in [0, 0.1) is 0 Å². The quantitative estimate of drug-likeness (QED) is 0.850. The zero-order valence-electron chi connectivity index (χ0n) is 10.6. The third-order valence-electron chi connectivity index (χ3n) is 3.59. The highest BCUT2D eigenvalue weighted by molar-refractivity contribution is 5.78. The van der Waals surface area contributed by atoms with Crippen molar-refractivity contribution in [2.75, 3.05) is 20.6 Å². The number of benzene rings is 1. The van der Waals surface area contributed by atoms with Gasteiger partial charge in [0.25, 0.3) is 0 Å². The van der Waals surface area contributed by atoms with Crippen LogP contribution in [0.4, 0.5) is 0 Å². The molecule has 2 rings (SSSR count). The average molecular weight is 232 g/mol. The Morgan fingerprint density at radius 2 is 2.12 bits per heavy atom. The highest BCUT2D eigenvalue weighted by atomic mass is 16.2. The number of aryl methyl sites for hydroxylation is 1. The van der Waals surface area contributed by atoms with Crippen molar-refractivity contribution in [1.29, 1.82) is 0 Å². The Hall–Kier alpha value is -1.35. The van der Waals surface area contributed by atoms with Crippen molar-refractivity contribution in [3.05, 3.63) is 35.4 Å². The number of hydrogen-bond donors (Lipinski definition) is 1. The Kier molecular flexibility index (Phi) is 3.79. The molecule has 0 bridgehead atoms. The molecule has 0 radical (unpaired) electrons. The lowest BCUT2D eigenvalue weighted by atomic mass is 9.87. The van der Waals surface area contributed by atoms with Gasteiger partial charge in [-0.25, -0.2) is 0 Å². The van der Waals surface area contributed by atoms with Gasteiger partial charge in [0.05, 0.1) is 6.54 Å². The van der Waals surface area contributed by atoms with Crippen molar-refractivity contribution in [1.82, 2.24) is 10.2 Å². The molecule has 1 aromatic carbocycles. The predicted molar refractivity (Wildman–Crippen MR) is 69.0 cm³/mol. The lowest BCUT2D eigenvalue weighted by Gasteiger charge is -2.32. The standard InChI is InChI=1S/C14H20N2O/c1-15-10-14(17)16(2)13-8-7-11-5-3-4-6-12(11)9-13/h3-6,13,15H,7-10H2,1-2H3. The SMILES string of the molecule is CNCC(=O)N(C)C1CCc2ccccc2C1. The highest BCUT2D eigenvalue weighted by Gasteiger charge is 2.24. The van der Waals surface area contributed by atoms with Gasteiger partial charge in [0, 0.05) is 13.1 Å². The van der Waals surface area contributed by atoms with Crippen LogP contribution < -0.4 is 5.32 Å². The molecule has 1 aromatic rings. The Labute approximate surface area is 103 Å². The van der Waals surface area contributed by atoms with E-state index in [0.29, 0.717) is 12.6 Å². The van der Waals surface area contributed by atoms with E-state index >= 15 is 0 Å². The van der Waals surface area contributed by atoms with E-state index in [1.54, 1.807) is 0 Å². The Balaban J connectivity index is 2.04. The highest BCUT2D eigenvalue weighted by Crippen LogP contribution is 2.23. The van der Waals surface area contributed by atoms with Crippen LogP contribution in [0.2, 0.25) is 0 Å². The molecule has 3 heteroatoms. The number of carbonyl (C=O) groups is 1. The first kappa shape index (κ1) is 12.1. The molecule has 1 aliphatic rings. The summed E-state index contributed by atoms with van der Waals surface area (Å²) >= 11 is 0. The fraction of sp³-hybridized carbons (Fsp3) is 0.500. The molecule has 3 nitrogen and oxygen atoms in total. The first-order valence-electron chi connectivity index (χ1n) is 6.19. The predicted octanol–water partition coefficient (Wildman–Crippen LogP) is 1.22. The van der Waals surface area contributed by atoms with Crippen LogP contribution in [0.3, 0.4) is 0 Å². The van der Waals surface area contributed by atoms with Gasteiger partial charge >= 0.3 is 0 Å².